The first-order chi connectivity index (χ1) is 13.9. The maximum Gasteiger partial charge on any atom is 0.276 e. The second kappa shape index (κ2) is 5.91. The van der Waals surface area contributed by atoms with E-state index in [1.807, 2.05) is 32.0 Å². The molecule has 2 aromatic heterocycles. The Morgan fingerprint density at radius 3 is 2.79 bits per heavy atom. The zero-order valence-electron chi connectivity index (χ0n) is 16.1. The van der Waals surface area contributed by atoms with Crippen molar-refractivity contribution in [3.8, 4) is 0 Å². The van der Waals surface area contributed by atoms with Gasteiger partial charge in [0.2, 0.25) is 0 Å². The molecule has 4 N–H and O–H groups in total. The minimum atomic E-state index is -0.819. The maximum atomic E-state index is 13.5. The first kappa shape index (κ1) is 17.4. The van der Waals surface area contributed by atoms with E-state index in [2.05, 4.69) is 26.7 Å². The number of benzene rings is 1. The molecule has 3 heterocycles. The summed E-state index contributed by atoms with van der Waals surface area (Å²) in [5.74, 6) is 0.445. The molecule has 5 rings (SSSR count). The predicted molar refractivity (Wildman–Crippen MR) is 109 cm³/mol. The molecule has 2 aliphatic rings. The number of nitrogens with zero attached hydrogens (tertiary/aromatic N) is 3. The Kier molecular flexibility index (Phi) is 3.55. The number of rotatable bonds is 2. The van der Waals surface area contributed by atoms with E-state index < -0.39 is 5.66 Å². The summed E-state index contributed by atoms with van der Waals surface area (Å²) in [6.07, 6.45) is 1.89. The van der Waals surface area contributed by atoms with Crippen molar-refractivity contribution in [1.82, 2.24) is 19.9 Å². The van der Waals surface area contributed by atoms with Crippen molar-refractivity contribution in [1.29, 1.82) is 0 Å². The molecule has 0 saturated carbocycles. The van der Waals surface area contributed by atoms with Crippen LogP contribution >= 0.6 is 0 Å². The summed E-state index contributed by atoms with van der Waals surface area (Å²) < 4.78 is 1.63. The number of hydrogen-bond acceptors (Lipinski definition) is 6. The highest BCUT2D eigenvalue weighted by Crippen LogP contribution is 2.46. The van der Waals surface area contributed by atoms with Crippen LogP contribution in [0, 0.1) is 6.92 Å². The SMILES string of the molecule is Cc1cc(Nc2cc(N)ncn2)c(=O)n2c1C(=O)NC21Cc2ccccc2[C@@H]1C. The molecule has 1 aliphatic carbocycles. The summed E-state index contributed by atoms with van der Waals surface area (Å²) in [5.41, 5.74) is 8.36. The van der Waals surface area contributed by atoms with Gasteiger partial charge in [0, 0.05) is 18.4 Å². The molecular weight excluding hydrogens is 368 g/mol. The van der Waals surface area contributed by atoms with Crippen LogP contribution in [0.4, 0.5) is 17.3 Å². The Labute approximate surface area is 166 Å². The highest BCUT2D eigenvalue weighted by molar-refractivity contribution is 5.97. The second-order valence-electron chi connectivity index (χ2n) is 7.66. The van der Waals surface area contributed by atoms with E-state index in [-0.39, 0.29) is 17.4 Å². The Hall–Kier alpha value is -3.68. The van der Waals surface area contributed by atoms with E-state index in [1.165, 1.54) is 6.33 Å². The number of fused-ring (bicyclic) bond motifs is 3. The van der Waals surface area contributed by atoms with Gasteiger partial charge in [-0.15, -0.1) is 0 Å². The summed E-state index contributed by atoms with van der Waals surface area (Å²) in [5, 5.41) is 6.16. The molecule has 1 aliphatic heterocycles. The van der Waals surface area contributed by atoms with E-state index in [0.29, 0.717) is 35.0 Å². The predicted octanol–water partition coefficient (Wildman–Crippen LogP) is 2.03. The number of anilines is 3. The molecule has 29 heavy (non-hydrogen) atoms. The molecule has 1 amide bonds. The summed E-state index contributed by atoms with van der Waals surface area (Å²) in [4.78, 5) is 34.4. The van der Waals surface area contributed by atoms with Crippen molar-refractivity contribution in [2.75, 3.05) is 11.1 Å². The molecule has 0 bridgehead atoms. The highest BCUT2D eigenvalue weighted by atomic mass is 16.2. The monoisotopic (exact) mass is 388 g/mol. The summed E-state index contributed by atoms with van der Waals surface area (Å²) in [6, 6.07) is 11.3. The third-order valence-electron chi connectivity index (χ3n) is 5.98. The van der Waals surface area contributed by atoms with Crippen LogP contribution < -0.4 is 21.9 Å². The number of aryl methyl sites for hydroxylation is 1. The molecule has 1 unspecified atom stereocenters. The number of carbonyl (C=O) groups excluding carboxylic acids is 1. The van der Waals surface area contributed by atoms with Crippen molar-refractivity contribution in [2.24, 2.45) is 0 Å². The van der Waals surface area contributed by atoms with Crippen LogP contribution in [-0.4, -0.2) is 20.4 Å². The second-order valence-corrected chi connectivity index (χ2v) is 7.66. The molecule has 0 radical (unpaired) electrons. The Morgan fingerprint density at radius 2 is 2.03 bits per heavy atom. The van der Waals surface area contributed by atoms with Gasteiger partial charge in [0.05, 0.1) is 0 Å². The summed E-state index contributed by atoms with van der Waals surface area (Å²) >= 11 is 0. The lowest BCUT2D eigenvalue weighted by molar-refractivity contribution is 0.0907. The van der Waals surface area contributed by atoms with Crippen molar-refractivity contribution >= 4 is 23.2 Å². The average molecular weight is 388 g/mol. The third kappa shape index (κ3) is 2.38. The fraction of sp³-hybridized carbons (Fsp3) is 0.238. The van der Waals surface area contributed by atoms with Crippen molar-refractivity contribution < 1.29 is 4.79 Å². The van der Waals surface area contributed by atoms with Crippen molar-refractivity contribution in [3.63, 3.8) is 0 Å². The average Bonchev–Trinajstić information content (AvgIpc) is 3.14. The number of aromatic nitrogens is 3. The number of amides is 1. The molecule has 0 saturated heterocycles. The topological polar surface area (TPSA) is 115 Å². The molecule has 1 aromatic carbocycles. The van der Waals surface area contributed by atoms with E-state index in [0.717, 1.165) is 11.1 Å². The van der Waals surface area contributed by atoms with E-state index >= 15 is 0 Å². The van der Waals surface area contributed by atoms with Gasteiger partial charge in [-0.1, -0.05) is 31.2 Å². The molecular formula is C21H20N6O2. The third-order valence-corrected chi connectivity index (χ3v) is 5.98. The minimum absolute atomic E-state index is 0.0501. The normalized spacial score (nSPS) is 21.7. The van der Waals surface area contributed by atoms with Crippen LogP contribution in [0.3, 0.4) is 0 Å². The van der Waals surface area contributed by atoms with Gasteiger partial charge >= 0.3 is 0 Å². The van der Waals surface area contributed by atoms with Gasteiger partial charge in [-0.3, -0.25) is 14.2 Å². The van der Waals surface area contributed by atoms with Crippen LogP contribution in [-0.2, 0) is 12.1 Å². The Bertz CT molecular complexity index is 1230. The van der Waals surface area contributed by atoms with Gasteiger partial charge < -0.3 is 16.4 Å². The first-order valence-electron chi connectivity index (χ1n) is 9.43. The van der Waals surface area contributed by atoms with Gasteiger partial charge in [0.1, 0.15) is 35.0 Å². The molecule has 1 spiro atoms. The first-order valence-corrected chi connectivity index (χ1v) is 9.43. The lowest BCUT2D eigenvalue weighted by Gasteiger charge is -2.32. The smallest absolute Gasteiger partial charge is 0.276 e. The lowest BCUT2D eigenvalue weighted by atomic mass is 9.94. The van der Waals surface area contributed by atoms with Crippen molar-refractivity contribution in [2.45, 2.75) is 31.8 Å². The molecule has 146 valence electrons. The number of pyridine rings is 1. The van der Waals surface area contributed by atoms with Crippen LogP contribution in [0.5, 0.6) is 0 Å². The lowest BCUT2D eigenvalue weighted by Crippen LogP contribution is -2.50. The number of hydrogen-bond donors (Lipinski definition) is 3. The number of nitrogen functional groups attached to an aromatic ring is 1. The van der Waals surface area contributed by atoms with Crippen molar-refractivity contribution in [3.05, 3.63) is 75.5 Å². The van der Waals surface area contributed by atoms with Gasteiger partial charge in [-0.05, 0) is 29.7 Å². The number of nitrogens with two attached hydrogens (primary N) is 1. The van der Waals surface area contributed by atoms with Crippen LogP contribution in [0.1, 0.15) is 40.0 Å². The summed E-state index contributed by atoms with van der Waals surface area (Å²) in [6.45, 7) is 3.88. The Morgan fingerprint density at radius 1 is 1.24 bits per heavy atom. The zero-order chi connectivity index (χ0) is 20.3. The number of nitrogens with one attached hydrogen (secondary N) is 2. The van der Waals surface area contributed by atoms with E-state index in [1.54, 1.807) is 16.7 Å². The zero-order valence-corrected chi connectivity index (χ0v) is 16.1. The van der Waals surface area contributed by atoms with E-state index in [9.17, 15) is 9.59 Å². The number of carbonyl (C=O) groups is 1. The quantitative estimate of drug-likeness (QED) is 0.619. The van der Waals surface area contributed by atoms with Crippen LogP contribution in [0.25, 0.3) is 0 Å². The van der Waals surface area contributed by atoms with Gasteiger partial charge in [0.25, 0.3) is 11.5 Å². The largest absolute Gasteiger partial charge is 0.384 e. The molecule has 3 aromatic rings. The molecule has 8 nitrogen and oxygen atoms in total. The van der Waals surface area contributed by atoms with Crippen LogP contribution in [0.2, 0.25) is 0 Å². The van der Waals surface area contributed by atoms with Gasteiger partial charge in [-0.25, -0.2) is 9.97 Å². The molecule has 2 atom stereocenters. The molecule has 0 fully saturated rings. The van der Waals surface area contributed by atoms with Crippen LogP contribution in [0.15, 0.2) is 47.5 Å². The summed E-state index contributed by atoms with van der Waals surface area (Å²) in [7, 11) is 0. The fourth-order valence-corrected chi connectivity index (χ4v) is 4.63. The van der Waals surface area contributed by atoms with E-state index in [4.69, 9.17) is 5.73 Å². The Balaban J connectivity index is 1.69. The minimum Gasteiger partial charge on any atom is -0.384 e. The highest BCUT2D eigenvalue weighted by Gasteiger charge is 2.52. The molecule has 8 heteroatoms. The maximum absolute atomic E-state index is 13.5. The standard InChI is InChI=1S/C21H20N6O2/c1-11-7-15(25-17-8-16(22)23-10-24-17)20(29)27-18(11)19(28)26-21(27)9-13-5-3-4-6-14(13)12(21)2/h3-8,10,12H,9H2,1-2H3,(H,26,28)(H3,22,23,24,25)/t12-,21?/m0/s1. The fourth-order valence-electron chi connectivity index (χ4n) is 4.63. The van der Waals surface area contributed by atoms with Gasteiger partial charge in [-0.2, -0.15) is 0 Å². The van der Waals surface area contributed by atoms with Gasteiger partial charge in [0.15, 0.2) is 0 Å².